The molecule has 0 saturated heterocycles. The lowest BCUT2D eigenvalue weighted by atomic mass is 10.3. The molecule has 1 rings (SSSR count). The van der Waals surface area contributed by atoms with Crippen molar-refractivity contribution in [3.63, 3.8) is 0 Å². The van der Waals surface area contributed by atoms with Gasteiger partial charge in [-0.05, 0) is 45.0 Å². The molecule has 18 heavy (non-hydrogen) atoms. The molecule has 0 fully saturated rings. The summed E-state index contributed by atoms with van der Waals surface area (Å²) in [6.07, 6.45) is 0. The van der Waals surface area contributed by atoms with E-state index in [0.29, 0.717) is 11.4 Å². The van der Waals surface area contributed by atoms with E-state index in [1.54, 1.807) is 45.0 Å². The van der Waals surface area contributed by atoms with Crippen LogP contribution in [0.2, 0.25) is 0 Å². The molecular formula is C12H20N2O3S. The fourth-order valence-electron chi connectivity index (χ4n) is 1.13. The van der Waals surface area contributed by atoms with Crippen molar-refractivity contribution in [2.45, 2.75) is 25.5 Å². The number of sulfonamides is 1. The number of nitrogens with two attached hydrogens (primary N) is 1. The molecule has 0 atom stereocenters. The molecule has 0 bridgehead atoms. The second-order valence-corrected chi connectivity index (χ2v) is 7.45. The predicted octanol–water partition coefficient (Wildman–Crippen LogP) is 1.37. The highest BCUT2D eigenvalue weighted by atomic mass is 32.2. The smallest absolute Gasteiger partial charge is 0.216 e. The van der Waals surface area contributed by atoms with E-state index in [0.717, 1.165) is 0 Å². The van der Waals surface area contributed by atoms with Crippen LogP contribution in [-0.2, 0) is 10.0 Å². The lowest BCUT2D eigenvalue weighted by Gasteiger charge is -2.19. The SMILES string of the molecule is CC(C)(C)S(=O)(=O)NCCOc1ccc(N)cc1. The van der Waals surface area contributed by atoms with Gasteiger partial charge in [0.25, 0.3) is 0 Å². The molecule has 0 aromatic heterocycles. The number of rotatable bonds is 5. The van der Waals surface area contributed by atoms with Crippen LogP contribution >= 0.6 is 0 Å². The first kappa shape index (κ1) is 14.8. The zero-order valence-electron chi connectivity index (χ0n) is 10.9. The van der Waals surface area contributed by atoms with Crippen LogP contribution in [0.4, 0.5) is 5.69 Å². The molecule has 5 nitrogen and oxygen atoms in total. The van der Waals surface area contributed by atoms with Crippen LogP contribution in [0.5, 0.6) is 5.75 Å². The van der Waals surface area contributed by atoms with Crippen molar-refractivity contribution in [2.75, 3.05) is 18.9 Å². The lowest BCUT2D eigenvalue weighted by Crippen LogP contribution is -2.41. The number of nitrogens with one attached hydrogen (secondary N) is 1. The first-order valence-electron chi connectivity index (χ1n) is 5.70. The molecule has 1 aromatic carbocycles. The van der Waals surface area contributed by atoms with E-state index in [1.165, 1.54) is 0 Å². The maximum absolute atomic E-state index is 11.7. The Bertz CT molecular complexity index is 475. The third-order valence-corrected chi connectivity index (χ3v) is 4.55. The molecule has 0 radical (unpaired) electrons. The molecule has 6 heteroatoms. The van der Waals surface area contributed by atoms with Crippen molar-refractivity contribution in [1.29, 1.82) is 0 Å². The van der Waals surface area contributed by atoms with Crippen LogP contribution in [0, 0.1) is 0 Å². The topological polar surface area (TPSA) is 81.4 Å². The Hall–Kier alpha value is -1.27. The lowest BCUT2D eigenvalue weighted by molar-refractivity contribution is 0.322. The Morgan fingerprint density at radius 2 is 1.78 bits per heavy atom. The van der Waals surface area contributed by atoms with Gasteiger partial charge in [-0.3, -0.25) is 0 Å². The largest absolute Gasteiger partial charge is 0.492 e. The van der Waals surface area contributed by atoms with Gasteiger partial charge in [-0.1, -0.05) is 0 Å². The van der Waals surface area contributed by atoms with Gasteiger partial charge in [-0.2, -0.15) is 0 Å². The molecule has 0 aliphatic carbocycles. The molecule has 0 unspecified atom stereocenters. The van der Waals surface area contributed by atoms with Gasteiger partial charge in [0.2, 0.25) is 10.0 Å². The zero-order chi connectivity index (χ0) is 13.8. The highest BCUT2D eigenvalue weighted by Gasteiger charge is 2.28. The summed E-state index contributed by atoms with van der Waals surface area (Å²) in [5.41, 5.74) is 6.20. The van der Waals surface area contributed by atoms with Gasteiger partial charge in [0.1, 0.15) is 12.4 Å². The number of anilines is 1. The number of benzene rings is 1. The summed E-state index contributed by atoms with van der Waals surface area (Å²) in [5, 5.41) is 0. The third-order valence-electron chi connectivity index (χ3n) is 2.35. The summed E-state index contributed by atoms with van der Waals surface area (Å²) in [5.74, 6) is 0.666. The molecule has 0 saturated carbocycles. The fourth-order valence-corrected chi connectivity index (χ4v) is 1.91. The molecule has 0 heterocycles. The van der Waals surface area contributed by atoms with Crippen LogP contribution in [-0.4, -0.2) is 26.3 Å². The molecule has 3 N–H and O–H groups in total. The van der Waals surface area contributed by atoms with Crippen LogP contribution in [0.3, 0.4) is 0 Å². The molecule has 0 aliphatic rings. The predicted molar refractivity (Wildman–Crippen MR) is 73.0 cm³/mol. The second kappa shape index (κ2) is 5.58. The van der Waals surface area contributed by atoms with E-state index in [4.69, 9.17) is 10.5 Å². The van der Waals surface area contributed by atoms with Gasteiger partial charge in [0, 0.05) is 12.2 Å². The van der Waals surface area contributed by atoms with Crippen molar-refractivity contribution in [1.82, 2.24) is 4.72 Å². The fraction of sp³-hybridized carbons (Fsp3) is 0.500. The molecule has 1 aromatic rings. The Kier molecular flexibility index (Phi) is 4.59. The monoisotopic (exact) mass is 272 g/mol. The Morgan fingerprint density at radius 3 is 2.28 bits per heavy atom. The van der Waals surface area contributed by atoms with Crippen LogP contribution in [0.1, 0.15) is 20.8 Å². The highest BCUT2D eigenvalue weighted by Crippen LogP contribution is 2.14. The van der Waals surface area contributed by atoms with E-state index in [9.17, 15) is 8.42 Å². The highest BCUT2D eigenvalue weighted by molar-refractivity contribution is 7.90. The van der Waals surface area contributed by atoms with Gasteiger partial charge in [0.05, 0.1) is 4.75 Å². The second-order valence-electron chi connectivity index (χ2n) is 4.93. The minimum absolute atomic E-state index is 0.240. The summed E-state index contributed by atoms with van der Waals surface area (Å²) in [4.78, 5) is 0. The van der Waals surface area contributed by atoms with Gasteiger partial charge < -0.3 is 10.5 Å². The van der Waals surface area contributed by atoms with Crippen molar-refractivity contribution in [3.8, 4) is 5.75 Å². The Labute approximate surface area is 108 Å². The van der Waals surface area contributed by atoms with E-state index in [1.807, 2.05) is 0 Å². The summed E-state index contributed by atoms with van der Waals surface area (Å²) in [6, 6.07) is 6.95. The van der Waals surface area contributed by atoms with Crippen LogP contribution < -0.4 is 15.2 Å². The maximum atomic E-state index is 11.7. The number of nitrogen functional groups attached to an aromatic ring is 1. The van der Waals surface area contributed by atoms with E-state index in [2.05, 4.69) is 4.72 Å². The molecule has 0 aliphatic heterocycles. The summed E-state index contributed by atoms with van der Waals surface area (Å²) >= 11 is 0. The molecule has 0 spiro atoms. The average molecular weight is 272 g/mol. The zero-order valence-corrected chi connectivity index (χ0v) is 11.8. The average Bonchev–Trinajstić information content (AvgIpc) is 2.25. The van der Waals surface area contributed by atoms with Crippen molar-refractivity contribution in [3.05, 3.63) is 24.3 Å². The van der Waals surface area contributed by atoms with E-state index >= 15 is 0 Å². The van der Waals surface area contributed by atoms with Gasteiger partial charge in [0.15, 0.2) is 0 Å². The first-order chi connectivity index (χ1) is 8.22. The number of ether oxygens (including phenoxy) is 1. The number of hydrogen-bond acceptors (Lipinski definition) is 4. The quantitative estimate of drug-likeness (QED) is 0.626. The van der Waals surface area contributed by atoms with Gasteiger partial charge >= 0.3 is 0 Å². The summed E-state index contributed by atoms with van der Waals surface area (Å²) < 4.78 is 30.5. The molecule has 0 amide bonds. The van der Waals surface area contributed by atoms with Gasteiger partial charge in [-0.25, -0.2) is 13.1 Å². The standard InChI is InChI=1S/C12H20N2O3S/c1-12(2,3)18(15,16)14-8-9-17-11-6-4-10(13)5-7-11/h4-7,14H,8-9,13H2,1-3H3. The van der Waals surface area contributed by atoms with Crippen molar-refractivity contribution in [2.24, 2.45) is 0 Å². The van der Waals surface area contributed by atoms with Crippen LogP contribution in [0.15, 0.2) is 24.3 Å². The minimum Gasteiger partial charge on any atom is -0.492 e. The van der Waals surface area contributed by atoms with Crippen LogP contribution in [0.25, 0.3) is 0 Å². The van der Waals surface area contributed by atoms with Crippen molar-refractivity contribution < 1.29 is 13.2 Å². The van der Waals surface area contributed by atoms with Gasteiger partial charge in [-0.15, -0.1) is 0 Å². The van der Waals surface area contributed by atoms with E-state index in [-0.39, 0.29) is 13.2 Å². The Balaban J connectivity index is 2.38. The number of hydrogen-bond donors (Lipinski definition) is 2. The van der Waals surface area contributed by atoms with E-state index < -0.39 is 14.8 Å². The van der Waals surface area contributed by atoms with Crippen molar-refractivity contribution >= 4 is 15.7 Å². The first-order valence-corrected chi connectivity index (χ1v) is 7.18. The third kappa shape index (κ3) is 4.19. The Morgan fingerprint density at radius 1 is 1.22 bits per heavy atom. The molecular weight excluding hydrogens is 252 g/mol. The minimum atomic E-state index is -3.31. The summed E-state index contributed by atoms with van der Waals surface area (Å²) in [6.45, 7) is 5.46. The molecule has 102 valence electrons. The maximum Gasteiger partial charge on any atom is 0.216 e. The summed E-state index contributed by atoms with van der Waals surface area (Å²) in [7, 11) is -3.31. The normalized spacial score (nSPS) is 12.4.